The second-order valence-corrected chi connectivity index (χ2v) is 3.80. The summed E-state index contributed by atoms with van der Waals surface area (Å²) in [5.41, 5.74) is 1.54. The average molecular weight is 260 g/mol. The zero-order valence-electron chi connectivity index (χ0n) is 9.00. The summed E-state index contributed by atoms with van der Waals surface area (Å²) in [6.45, 7) is 0. The lowest BCUT2D eigenvalue weighted by molar-refractivity contribution is -0.384. The maximum atomic E-state index is 10.5. The van der Waals surface area contributed by atoms with Crippen LogP contribution in [-0.4, -0.2) is 9.91 Å². The number of nitriles is 1. The van der Waals surface area contributed by atoms with Crippen LogP contribution in [0.3, 0.4) is 0 Å². The normalized spacial score (nSPS) is 9.78. The molecule has 2 aromatic rings. The number of benzene rings is 1. The van der Waals surface area contributed by atoms with Gasteiger partial charge in [0.25, 0.3) is 5.69 Å². The molecule has 0 spiro atoms. The molecule has 5 nitrogen and oxygen atoms in total. The molecule has 18 heavy (non-hydrogen) atoms. The largest absolute Gasteiger partial charge is 0.269 e. The number of non-ortho nitro benzene ring substituents is 1. The third-order valence-corrected chi connectivity index (χ3v) is 2.69. The van der Waals surface area contributed by atoms with Gasteiger partial charge < -0.3 is 0 Å². The third kappa shape index (κ3) is 2.14. The second-order valence-electron chi connectivity index (χ2n) is 3.44. The lowest BCUT2D eigenvalue weighted by atomic mass is 10.0. The highest BCUT2D eigenvalue weighted by Crippen LogP contribution is 2.28. The summed E-state index contributed by atoms with van der Waals surface area (Å²) in [6.07, 6.45) is 1.49. The number of aromatic nitrogens is 1. The molecule has 1 aromatic heterocycles. The molecule has 0 amide bonds. The van der Waals surface area contributed by atoms with Crippen molar-refractivity contribution in [2.24, 2.45) is 0 Å². The van der Waals surface area contributed by atoms with Crippen LogP contribution in [0.2, 0.25) is 5.15 Å². The number of nitrogens with zero attached hydrogens (tertiary/aromatic N) is 3. The Labute approximate surface area is 107 Å². The summed E-state index contributed by atoms with van der Waals surface area (Å²) >= 11 is 5.82. The van der Waals surface area contributed by atoms with E-state index < -0.39 is 4.92 Å². The number of hydrogen-bond acceptors (Lipinski definition) is 4. The van der Waals surface area contributed by atoms with Crippen LogP contribution >= 0.6 is 11.6 Å². The van der Waals surface area contributed by atoms with Crippen LogP contribution in [-0.2, 0) is 0 Å². The van der Waals surface area contributed by atoms with Crippen molar-refractivity contribution < 1.29 is 4.92 Å². The van der Waals surface area contributed by atoms with Crippen LogP contribution in [0.15, 0.2) is 36.5 Å². The highest BCUT2D eigenvalue weighted by Gasteiger charge is 2.11. The van der Waals surface area contributed by atoms with Crippen molar-refractivity contribution >= 4 is 17.3 Å². The van der Waals surface area contributed by atoms with Crippen LogP contribution in [0.5, 0.6) is 0 Å². The van der Waals surface area contributed by atoms with E-state index in [1.165, 1.54) is 18.3 Å². The Balaban J connectivity index is 2.53. The fourth-order valence-corrected chi connectivity index (χ4v) is 1.75. The minimum absolute atomic E-state index is 0.00240. The monoisotopic (exact) mass is 259 g/mol. The maximum Gasteiger partial charge on any atom is 0.269 e. The molecule has 0 aliphatic rings. The Morgan fingerprint density at radius 2 is 1.94 bits per heavy atom. The first kappa shape index (κ1) is 12.0. The summed E-state index contributed by atoms with van der Waals surface area (Å²) in [7, 11) is 0. The molecule has 0 aliphatic heterocycles. The lowest BCUT2D eigenvalue weighted by Gasteiger charge is -2.04. The molecule has 0 aliphatic carbocycles. The first-order valence-corrected chi connectivity index (χ1v) is 5.30. The van der Waals surface area contributed by atoms with Crippen molar-refractivity contribution in [1.29, 1.82) is 5.26 Å². The van der Waals surface area contributed by atoms with Crippen molar-refractivity contribution in [2.75, 3.05) is 0 Å². The average Bonchev–Trinajstić information content (AvgIpc) is 2.38. The third-order valence-electron chi connectivity index (χ3n) is 2.41. The zero-order chi connectivity index (χ0) is 13.1. The number of nitro benzene ring substituents is 1. The van der Waals surface area contributed by atoms with E-state index in [2.05, 4.69) is 4.98 Å². The van der Waals surface area contributed by atoms with E-state index in [1.54, 1.807) is 18.2 Å². The van der Waals surface area contributed by atoms with Gasteiger partial charge in [-0.25, -0.2) is 4.98 Å². The molecule has 0 fully saturated rings. The van der Waals surface area contributed by atoms with Crippen LogP contribution < -0.4 is 0 Å². The molecule has 0 saturated carbocycles. The highest BCUT2D eigenvalue weighted by molar-refractivity contribution is 6.30. The lowest BCUT2D eigenvalue weighted by Crippen LogP contribution is -1.90. The molecule has 0 N–H and O–H groups in total. The van der Waals surface area contributed by atoms with E-state index in [0.717, 1.165) is 0 Å². The number of rotatable bonds is 2. The first-order valence-electron chi connectivity index (χ1n) is 4.93. The van der Waals surface area contributed by atoms with Crippen LogP contribution in [0.1, 0.15) is 5.56 Å². The fraction of sp³-hybridized carbons (Fsp3) is 0. The first-order chi connectivity index (χ1) is 8.63. The van der Waals surface area contributed by atoms with Crippen molar-refractivity contribution in [1.82, 2.24) is 4.98 Å². The smallest absolute Gasteiger partial charge is 0.258 e. The van der Waals surface area contributed by atoms with Crippen LogP contribution in [0.25, 0.3) is 11.1 Å². The molecule has 6 heteroatoms. The molecule has 0 unspecified atom stereocenters. The summed E-state index contributed by atoms with van der Waals surface area (Å²) in [5, 5.41) is 19.7. The molecule has 0 saturated heterocycles. The van der Waals surface area contributed by atoms with E-state index >= 15 is 0 Å². The van der Waals surface area contributed by atoms with Gasteiger partial charge in [0.1, 0.15) is 11.2 Å². The van der Waals surface area contributed by atoms with E-state index in [9.17, 15) is 10.1 Å². The Morgan fingerprint density at radius 1 is 1.28 bits per heavy atom. The topological polar surface area (TPSA) is 79.8 Å². The summed E-state index contributed by atoms with van der Waals surface area (Å²) in [4.78, 5) is 13.9. The Morgan fingerprint density at radius 3 is 2.50 bits per heavy atom. The quantitative estimate of drug-likeness (QED) is 0.471. The molecule has 1 aromatic carbocycles. The highest BCUT2D eigenvalue weighted by atomic mass is 35.5. The molecule has 2 rings (SSSR count). The SMILES string of the molecule is N#Cc1c(-c2ccc([N+](=O)[O-])cc2)ccnc1Cl. The van der Waals surface area contributed by atoms with Crippen molar-refractivity contribution in [3.63, 3.8) is 0 Å². The molecular weight excluding hydrogens is 254 g/mol. The molecular formula is C12H6ClN3O2. The number of hydrogen-bond donors (Lipinski definition) is 0. The zero-order valence-corrected chi connectivity index (χ0v) is 9.76. The number of pyridine rings is 1. The van der Waals surface area contributed by atoms with E-state index in [1.807, 2.05) is 6.07 Å². The maximum absolute atomic E-state index is 10.5. The Kier molecular flexibility index (Phi) is 3.22. The number of halogens is 1. The minimum atomic E-state index is -0.478. The molecule has 0 atom stereocenters. The molecule has 0 bridgehead atoms. The fourth-order valence-electron chi connectivity index (χ4n) is 1.55. The van der Waals surface area contributed by atoms with E-state index in [0.29, 0.717) is 11.1 Å². The van der Waals surface area contributed by atoms with Gasteiger partial charge in [0, 0.05) is 23.9 Å². The van der Waals surface area contributed by atoms with E-state index in [4.69, 9.17) is 16.9 Å². The van der Waals surface area contributed by atoms with Crippen LogP contribution in [0.4, 0.5) is 5.69 Å². The van der Waals surface area contributed by atoms with Gasteiger partial charge in [-0.15, -0.1) is 0 Å². The Bertz CT molecular complexity index is 647. The second kappa shape index (κ2) is 4.82. The van der Waals surface area contributed by atoms with Gasteiger partial charge in [0.2, 0.25) is 0 Å². The van der Waals surface area contributed by atoms with E-state index in [-0.39, 0.29) is 16.4 Å². The summed E-state index contributed by atoms with van der Waals surface area (Å²) in [5.74, 6) is 0. The Hall–Kier alpha value is -2.45. The molecule has 1 heterocycles. The van der Waals surface area contributed by atoms with Gasteiger partial charge in [0.15, 0.2) is 0 Å². The van der Waals surface area contributed by atoms with Crippen molar-refractivity contribution in [3.8, 4) is 17.2 Å². The minimum Gasteiger partial charge on any atom is -0.258 e. The van der Waals surface area contributed by atoms with Crippen LogP contribution in [0, 0.1) is 21.4 Å². The van der Waals surface area contributed by atoms with Crippen molar-refractivity contribution in [3.05, 3.63) is 57.4 Å². The van der Waals surface area contributed by atoms with Gasteiger partial charge in [-0.2, -0.15) is 5.26 Å². The van der Waals surface area contributed by atoms with Gasteiger partial charge >= 0.3 is 0 Å². The summed E-state index contributed by atoms with van der Waals surface area (Å²) < 4.78 is 0. The van der Waals surface area contributed by atoms with Gasteiger partial charge in [-0.3, -0.25) is 10.1 Å². The van der Waals surface area contributed by atoms with Gasteiger partial charge in [-0.1, -0.05) is 11.6 Å². The predicted octanol–water partition coefficient (Wildman–Crippen LogP) is 3.18. The number of nitro groups is 1. The van der Waals surface area contributed by atoms with Gasteiger partial charge in [0.05, 0.1) is 10.5 Å². The summed E-state index contributed by atoms with van der Waals surface area (Å²) in [6, 6.07) is 9.52. The predicted molar refractivity (Wildman–Crippen MR) is 66.1 cm³/mol. The molecule has 88 valence electrons. The van der Waals surface area contributed by atoms with Gasteiger partial charge in [-0.05, 0) is 23.8 Å². The van der Waals surface area contributed by atoms with Crippen molar-refractivity contribution in [2.45, 2.75) is 0 Å². The molecule has 0 radical (unpaired) electrons. The standard InChI is InChI=1S/C12H6ClN3O2/c13-12-11(7-14)10(5-6-15-12)8-1-3-9(4-2-8)16(17)18/h1-6H.